The molecule has 1 amide bonds. The average molecular weight is 299 g/mol. The van der Waals surface area contributed by atoms with E-state index in [4.69, 9.17) is 9.47 Å². The van der Waals surface area contributed by atoms with Gasteiger partial charge in [0.2, 0.25) is 6.79 Å². The minimum atomic E-state index is -0.113. The Kier molecular flexibility index (Phi) is 4.50. The molecule has 6 heteroatoms. The molecule has 0 fully saturated rings. The topological polar surface area (TPSA) is 72.5 Å². The van der Waals surface area contributed by atoms with Gasteiger partial charge in [0.25, 0.3) is 5.91 Å². The second kappa shape index (κ2) is 6.91. The lowest BCUT2D eigenvalue weighted by Gasteiger charge is -2.07. The van der Waals surface area contributed by atoms with Crippen molar-refractivity contribution >= 4 is 5.91 Å². The predicted molar refractivity (Wildman–Crippen MR) is 80.8 cm³/mol. The molecule has 0 bridgehead atoms. The second-order valence-electron chi connectivity index (χ2n) is 4.86. The van der Waals surface area contributed by atoms with E-state index in [9.17, 15) is 4.79 Å². The van der Waals surface area contributed by atoms with Crippen molar-refractivity contribution in [2.45, 2.75) is 6.54 Å². The van der Waals surface area contributed by atoms with E-state index in [1.807, 2.05) is 18.2 Å². The van der Waals surface area contributed by atoms with Crippen molar-refractivity contribution in [3.05, 3.63) is 53.9 Å². The molecule has 114 valence electrons. The summed E-state index contributed by atoms with van der Waals surface area (Å²) < 4.78 is 10.6. The van der Waals surface area contributed by atoms with Gasteiger partial charge in [-0.15, -0.1) is 0 Å². The molecule has 6 nitrogen and oxygen atoms in total. The lowest BCUT2D eigenvalue weighted by atomic mass is 10.2. The number of pyridine rings is 1. The summed E-state index contributed by atoms with van der Waals surface area (Å²) in [4.78, 5) is 15.7. The molecule has 0 saturated heterocycles. The van der Waals surface area contributed by atoms with Crippen LogP contribution in [-0.2, 0) is 6.54 Å². The third-order valence-electron chi connectivity index (χ3n) is 3.28. The van der Waals surface area contributed by atoms with Crippen molar-refractivity contribution < 1.29 is 14.3 Å². The zero-order valence-corrected chi connectivity index (χ0v) is 12.0. The van der Waals surface area contributed by atoms with Crippen LogP contribution in [0.15, 0.2) is 42.7 Å². The maximum Gasteiger partial charge on any atom is 0.252 e. The summed E-state index contributed by atoms with van der Waals surface area (Å²) in [5.41, 5.74) is 1.68. The Hall–Kier alpha value is -2.60. The molecule has 2 heterocycles. The molecule has 1 aliphatic rings. The molecule has 3 rings (SSSR count). The van der Waals surface area contributed by atoms with Crippen LogP contribution in [0.25, 0.3) is 0 Å². The number of fused-ring (bicyclic) bond motifs is 1. The number of benzene rings is 1. The van der Waals surface area contributed by atoms with Crippen molar-refractivity contribution in [2.24, 2.45) is 0 Å². The Morgan fingerprint density at radius 3 is 2.95 bits per heavy atom. The highest BCUT2D eigenvalue weighted by molar-refractivity contribution is 5.93. The molecule has 22 heavy (non-hydrogen) atoms. The first-order chi connectivity index (χ1) is 10.8. The van der Waals surface area contributed by atoms with Crippen LogP contribution >= 0.6 is 0 Å². The Morgan fingerprint density at radius 1 is 1.18 bits per heavy atom. The lowest BCUT2D eigenvalue weighted by Crippen LogP contribution is -2.31. The van der Waals surface area contributed by atoms with E-state index in [0.717, 1.165) is 17.1 Å². The van der Waals surface area contributed by atoms with E-state index in [-0.39, 0.29) is 12.7 Å². The molecule has 0 unspecified atom stereocenters. The summed E-state index contributed by atoms with van der Waals surface area (Å²) in [7, 11) is 0. The van der Waals surface area contributed by atoms with E-state index in [1.165, 1.54) is 0 Å². The maximum atomic E-state index is 11.8. The molecule has 1 aromatic heterocycles. The fourth-order valence-corrected chi connectivity index (χ4v) is 2.15. The number of carbonyl (C=O) groups is 1. The third kappa shape index (κ3) is 3.53. The number of ether oxygens (including phenoxy) is 2. The van der Waals surface area contributed by atoms with Gasteiger partial charge in [-0.2, -0.15) is 0 Å². The van der Waals surface area contributed by atoms with Gasteiger partial charge >= 0.3 is 0 Å². The van der Waals surface area contributed by atoms with Crippen molar-refractivity contribution in [1.82, 2.24) is 15.6 Å². The summed E-state index contributed by atoms with van der Waals surface area (Å²) in [6.07, 6.45) is 3.19. The zero-order valence-electron chi connectivity index (χ0n) is 12.0. The number of hydrogen-bond acceptors (Lipinski definition) is 5. The van der Waals surface area contributed by atoms with Gasteiger partial charge in [-0.3, -0.25) is 9.78 Å². The van der Waals surface area contributed by atoms with Gasteiger partial charge in [0.15, 0.2) is 11.5 Å². The van der Waals surface area contributed by atoms with Crippen LogP contribution in [0.2, 0.25) is 0 Å². The molecule has 0 spiro atoms. The Morgan fingerprint density at radius 2 is 2.09 bits per heavy atom. The van der Waals surface area contributed by atoms with Gasteiger partial charge in [0, 0.05) is 32.0 Å². The summed E-state index contributed by atoms with van der Waals surface area (Å²) in [5, 5.41) is 6.11. The van der Waals surface area contributed by atoms with Crippen LogP contribution in [0.3, 0.4) is 0 Å². The number of nitrogens with one attached hydrogen (secondary N) is 2. The van der Waals surface area contributed by atoms with Crippen LogP contribution in [0.1, 0.15) is 15.9 Å². The first-order valence-corrected chi connectivity index (χ1v) is 7.10. The number of aromatic nitrogens is 1. The first-order valence-electron chi connectivity index (χ1n) is 7.10. The molecule has 1 aromatic carbocycles. The minimum absolute atomic E-state index is 0.113. The van der Waals surface area contributed by atoms with Crippen LogP contribution in [-0.4, -0.2) is 30.8 Å². The molecular weight excluding hydrogens is 282 g/mol. The molecule has 2 aromatic rings. The van der Waals surface area contributed by atoms with E-state index in [2.05, 4.69) is 15.6 Å². The van der Waals surface area contributed by atoms with Crippen LogP contribution in [0.4, 0.5) is 0 Å². The smallest absolute Gasteiger partial charge is 0.252 e. The largest absolute Gasteiger partial charge is 0.454 e. The number of hydrogen-bond donors (Lipinski definition) is 2. The minimum Gasteiger partial charge on any atom is -0.454 e. The number of nitrogens with zero attached hydrogens (tertiary/aromatic N) is 1. The van der Waals surface area contributed by atoms with Crippen LogP contribution < -0.4 is 20.1 Å². The third-order valence-corrected chi connectivity index (χ3v) is 3.28. The molecular formula is C16H17N3O3. The second-order valence-corrected chi connectivity index (χ2v) is 4.86. The highest BCUT2D eigenvalue weighted by atomic mass is 16.7. The van der Waals surface area contributed by atoms with Gasteiger partial charge in [-0.1, -0.05) is 6.07 Å². The van der Waals surface area contributed by atoms with Crippen molar-refractivity contribution in [3.63, 3.8) is 0 Å². The number of amides is 1. The van der Waals surface area contributed by atoms with Crippen molar-refractivity contribution in [3.8, 4) is 11.5 Å². The fourth-order valence-electron chi connectivity index (χ4n) is 2.15. The van der Waals surface area contributed by atoms with Crippen molar-refractivity contribution in [2.75, 3.05) is 19.9 Å². The predicted octanol–water partition coefficient (Wildman–Crippen LogP) is 1.33. The van der Waals surface area contributed by atoms with Crippen molar-refractivity contribution in [1.29, 1.82) is 0 Å². The van der Waals surface area contributed by atoms with Gasteiger partial charge in [0.05, 0.1) is 5.56 Å². The van der Waals surface area contributed by atoms with Gasteiger partial charge < -0.3 is 20.1 Å². The van der Waals surface area contributed by atoms with E-state index in [1.54, 1.807) is 24.5 Å². The summed E-state index contributed by atoms with van der Waals surface area (Å²) in [5.74, 6) is 1.45. The standard InChI is InChI=1S/C16H17N3O3/c20-16(13-2-1-5-17-10-13)19-7-6-18-9-12-3-4-14-15(8-12)22-11-21-14/h1-5,8,10,18H,6-7,9,11H2,(H,19,20). The van der Waals surface area contributed by atoms with E-state index in [0.29, 0.717) is 25.2 Å². The first kappa shape index (κ1) is 14.3. The molecule has 1 aliphatic heterocycles. The molecule has 0 aliphatic carbocycles. The monoisotopic (exact) mass is 299 g/mol. The normalized spacial score (nSPS) is 12.2. The van der Waals surface area contributed by atoms with Crippen LogP contribution in [0.5, 0.6) is 11.5 Å². The Bertz CT molecular complexity index is 646. The van der Waals surface area contributed by atoms with Gasteiger partial charge in [-0.25, -0.2) is 0 Å². The lowest BCUT2D eigenvalue weighted by molar-refractivity contribution is 0.0953. The van der Waals surface area contributed by atoms with Crippen LogP contribution in [0, 0.1) is 0 Å². The highest BCUT2D eigenvalue weighted by Crippen LogP contribution is 2.32. The maximum absolute atomic E-state index is 11.8. The Labute approximate surface area is 128 Å². The SMILES string of the molecule is O=C(NCCNCc1ccc2c(c1)OCO2)c1cccnc1. The summed E-state index contributed by atoms with van der Waals surface area (Å²) in [6.45, 7) is 2.23. The zero-order chi connectivity index (χ0) is 15.2. The van der Waals surface area contributed by atoms with E-state index >= 15 is 0 Å². The number of rotatable bonds is 6. The van der Waals surface area contributed by atoms with Gasteiger partial charge in [-0.05, 0) is 29.8 Å². The molecule has 0 atom stereocenters. The molecule has 0 saturated carbocycles. The molecule has 0 radical (unpaired) electrons. The summed E-state index contributed by atoms with van der Waals surface area (Å²) in [6, 6.07) is 9.34. The number of carbonyl (C=O) groups excluding carboxylic acids is 1. The molecule has 2 N–H and O–H groups in total. The quantitative estimate of drug-likeness (QED) is 0.787. The highest BCUT2D eigenvalue weighted by Gasteiger charge is 2.12. The van der Waals surface area contributed by atoms with Gasteiger partial charge in [0.1, 0.15) is 0 Å². The Balaban J connectivity index is 1.38. The van der Waals surface area contributed by atoms with E-state index < -0.39 is 0 Å². The average Bonchev–Trinajstić information content (AvgIpc) is 3.03. The summed E-state index contributed by atoms with van der Waals surface area (Å²) >= 11 is 0. The fraction of sp³-hybridized carbons (Fsp3) is 0.250.